The highest BCUT2D eigenvalue weighted by atomic mass is 32.1. The van der Waals surface area contributed by atoms with Crippen LogP contribution in [0.25, 0.3) is 10.2 Å². The van der Waals surface area contributed by atoms with E-state index in [9.17, 15) is 4.79 Å². The molecule has 1 aromatic heterocycles. The van der Waals surface area contributed by atoms with Crippen molar-refractivity contribution < 1.29 is 14.3 Å². The monoisotopic (exact) mass is 340 g/mol. The maximum absolute atomic E-state index is 12.9. The zero-order valence-electron chi connectivity index (χ0n) is 13.2. The molecular weight excluding hydrogens is 324 g/mol. The lowest BCUT2D eigenvalue weighted by molar-refractivity contribution is 0.0987. The van der Waals surface area contributed by atoms with Crippen molar-refractivity contribution in [3.05, 3.63) is 48.0 Å². The molecule has 0 fully saturated rings. The molecule has 1 aliphatic rings. The number of thiazole rings is 1. The van der Waals surface area contributed by atoms with Gasteiger partial charge in [-0.3, -0.25) is 9.69 Å². The van der Waals surface area contributed by atoms with Gasteiger partial charge in [-0.25, -0.2) is 4.98 Å². The van der Waals surface area contributed by atoms with Gasteiger partial charge in [0.1, 0.15) is 13.2 Å². The number of carbonyl (C=O) groups is 1. The number of amides is 1. The molecule has 2 aromatic carbocycles. The molecule has 122 valence electrons. The summed E-state index contributed by atoms with van der Waals surface area (Å²) in [5.74, 6) is 1.21. The molecule has 0 saturated heterocycles. The van der Waals surface area contributed by atoms with Crippen molar-refractivity contribution in [2.75, 3.05) is 24.7 Å². The number of rotatable bonds is 3. The third-order valence-corrected chi connectivity index (χ3v) is 4.92. The maximum Gasteiger partial charge on any atom is 0.260 e. The van der Waals surface area contributed by atoms with Crippen LogP contribution in [0.2, 0.25) is 0 Å². The number of carbonyl (C=O) groups excluding carboxylic acids is 1. The molecule has 1 aliphatic heterocycles. The topological polar surface area (TPSA) is 51.7 Å². The van der Waals surface area contributed by atoms with Gasteiger partial charge in [0.15, 0.2) is 16.6 Å². The summed E-state index contributed by atoms with van der Waals surface area (Å²) in [5, 5.41) is 0.707. The number of para-hydroxylation sites is 1. The number of hydrogen-bond donors (Lipinski definition) is 0. The zero-order valence-corrected chi connectivity index (χ0v) is 14.0. The predicted octanol–water partition coefficient (Wildman–Crippen LogP) is 3.73. The minimum atomic E-state index is -0.0893. The van der Waals surface area contributed by atoms with Crippen molar-refractivity contribution in [3.63, 3.8) is 0 Å². The van der Waals surface area contributed by atoms with Crippen LogP contribution >= 0.6 is 11.3 Å². The second-order valence-electron chi connectivity index (χ2n) is 5.37. The van der Waals surface area contributed by atoms with Crippen LogP contribution in [-0.2, 0) is 0 Å². The van der Waals surface area contributed by atoms with Gasteiger partial charge < -0.3 is 9.47 Å². The number of fused-ring (bicyclic) bond motifs is 2. The first-order valence-corrected chi connectivity index (χ1v) is 8.65. The van der Waals surface area contributed by atoms with Gasteiger partial charge in [-0.15, -0.1) is 0 Å². The van der Waals surface area contributed by atoms with E-state index in [-0.39, 0.29) is 5.91 Å². The Balaban J connectivity index is 1.68. The Morgan fingerprint density at radius 3 is 2.75 bits per heavy atom. The van der Waals surface area contributed by atoms with Crippen LogP contribution in [0.1, 0.15) is 17.3 Å². The van der Waals surface area contributed by atoms with Crippen molar-refractivity contribution in [1.29, 1.82) is 0 Å². The van der Waals surface area contributed by atoms with E-state index in [2.05, 4.69) is 4.98 Å². The lowest BCUT2D eigenvalue weighted by Crippen LogP contribution is -2.30. The summed E-state index contributed by atoms with van der Waals surface area (Å²) in [5.41, 5.74) is 1.48. The molecule has 24 heavy (non-hydrogen) atoms. The van der Waals surface area contributed by atoms with Gasteiger partial charge in [0.2, 0.25) is 0 Å². The van der Waals surface area contributed by atoms with Gasteiger partial charge in [-0.1, -0.05) is 23.5 Å². The summed E-state index contributed by atoms with van der Waals surface area (Å²) in [6.45, 7) is 3.53. The average molecular weight is 340 g/mol. The van der Waals surface area contributed by atoms with E-state index >= 15 is 0 Å². The molecule has 0 atom stereocenters. The molecular formula is C18H16N2O3S. The van der Waals surface area contributed by atoms with Gasteiger partial charge in [0.25, 0.3) is 5.91 Å². The summed E-state index contributed by atoms with van der Waals surface area (Å²) in [6, 6.07) is 13.2. The van der Waals surface area contributed by atoms with Crippen LogP contribution in [0.4, 0.5) is 5.13 Å². The van der Waals surface area contributed by atoms with Crippen molar-refractivity contribution in [3.8, 4) is 11.5 Å². The van der Waals surface area contributed by atoms with Crippen LogP contribution in [0.15, 0.2) is 42.5 Å². The summed E-state index contributed by atoms with van der Waals surface area (Å²) in [6.07, 6.45) is 0. The van der Waals surface area contributed by atoms with E-state index in [0.717, 1.165) is 10.2 Å². The van der Waals surface area contributed by atoms with Crippen LogP contribution in [-0.4, -0.2) is 30.6 Å². The second kappa shape index (κ2) is 6.13. The highest BCUT2D eigenvalue weighted by Gasteiger charge is 2.22. The number of hydrogen-bond acceptors (Lipinski definition) is 5. The molecule has 3 aromatic rings. The van der Waals surface area contributed by atoms with Crippen molar-refractivity contribution >= 4 is 32.6 Å². The predicted molar refractivity (Wildman–Crippen MR) is 94.4 cm³/mol. The Hall–Kier alpha value is -2.60. The van der Waals surface area contributed by atoms with Crippen LogP contribution in [0.3, 0.4) is 0 Å². The Bertz CT molecular complexity index is 873. The van der Waals surface area contributed by atoms with E-state index in [4.69, 9.17) is 9.47 Å². The third kappa shape index (κ3) is 2.59. The maximum atomic E-state index is 12.9. The standard InChI is InChI=1S/C18H16N2O3S/c1-2-20(18-19-13-5-3-4-6-16(13)24-18)17(21)12-7-8-14-15(11-12)23-10-9-22-14/h3-8,11H,2,9-10H2,1H3. The third-order valence-electron chi connectivity index (χ3n) is 3.86. The quantitative estimate of drug-likeness (QED) is 0.729. The summed E-state index contributed by atoms with van der Waals surface area (Å²) in [4.78, 5) is 19.2. The summed E-state index contributed by atoms with van der Waals surface area (Å²) >= 11 is 1.52. The molecule has 0 bridgehead atoms. The Labute approximate surface area is 143 Å². The fraction of sp³-hybridized carbons (Fsp3) is 0.222. The molecule has 0 aliphatic carbocycles. The SMILES string of the molecule is CCN(C(=O)c1ccc2c(c1)OCCO2)c1nc2ccccc2s1. The molecule has 0 spiro atoms. The van der Waals surface area contributed by atoms with Crippen LogP contribution < -0.4 is 14.4 Å². The fourth-order valence-electron chi connectivity index (χ4n) is 2.67. The molecule has 0 unspecified atom stereocenters. The molecule has 4 rings (SSSR count). The zero-order chi connectivity index (χ0) is 16.5. The lowest BCUT2D eigenvalue weighted by Gasteiger charge is -2.21. The number of ether oxygens (including phenoxy) is 2. The number of aromatic nitrogens is 1. The Morgan fingerprint density at radius 2 is 1.96 bits per heavy atom. The molecule has 5 nitrogen and oxygen atoms in total. The largest absolute Gasteiger partial charge is 0.486 e. The molecule has 0 N–H and O–H groups in total. The van der Waals surface area contributed by atoms with Crippen molar-refractivity contribution in [2.45, 2.75) is 6.92 Å². The first-order valence-electron chi connectivity index (χ1n) is 7.83. The van der Waals surface area contributed by atoms with Gasteiger partial charge in [-0.2, -0.15) is 0 Å². The molecule has 0 saturated carbocycles. The summed E-state index contributed by atoms with van der Waals surface area (Å²) < 4.78 is 12.2. The average Bonchev–Trinajstić information content (AvgIpc) is 3.05. The highest BCUT2D eigenvalue weighted by molar-refractivity contribution is 7.22. The molecule has 2 heterocycles. The normalized spacial score (nSPS) is 13.0. The van der Waals surface area contributed by atoms with E-state index in [0.29, 0.717) is 42.0 Å². The Morgan fingerprint density at radius 1 is 1.17 bits per heavy atom. The number of benzene rings is 2. The number of anilines is 1. The van der Waals surface area contributed by atoms with Crippen LogP contribution in [0.5, 0.6) is 11.5 Å². The van der Waals surface area contributed by atoms with E-state index in [1.807, 2.05) is 31.2 Å². The van der Waals surface area contributed by atoms with E-state index in [1.54, 1.807) is 23.1 Å². The van der Waals surface area contributed by atoms with E-state index in [1.165, 1.54) is 11.3 Å². The molecule has 6 heteroatoms. The minimum Gasteiger partial charge on any atom is -0.486 e. The highest BCUT2D eigenvalue weighted by Crippen LogP contribution is 2.33. The van der Waals surface area contributed by atoms with Gasteiger partial charge in [0.05, 0.1) is 10.2 Å². The van der Waals surface area contributed by atoms with Crippen molar-refractivity contribution in [2.24, 2.45) is 0 Å². The van der Waals surface area contributed by atoms with Gasteiger partial charge in [-0.05, 0) is 37.3 Å². The first kappa shape index (κ1) is 15.0. The van der Waals surface area contributed by atoms with Gasteiger partial charge >= 0.3 is 0 Å². The second-order valence-corrected chi connectivity index (χ2v) is 6.38. The van der Waals surface area contributed by atoms with E-state index < -0.39 is 0 Å². The minimum absolute atomic E-state index is 0.0893. The molecule has 1 amide bonds. The smallest absolute Gasteiger partial charge is 0.260 e. The fourth-order valence-corrected chi connectivity index (χ4v) is 3.70. The molecule has 0 radical (unpaired) electrons. The number of nitrogens with zero attached hydrogens (tertiary/aromatic N) is 2. The van der Waals surface area contributed by atoms with Crippen LogP contribution in [0, 0.1) is 0 Å². The first-order chi connectivity index (χ1) is 11.8. The lowest BCUT2D eigenvalue weighted by atomic mass is 10.1. The Kier molecular flexibility index (Phi) is 3.82. The summed E-state index contributed by atoms with van der Waals surface area (Å²) in [7, 11) is 0. The van der Waals surface area contributed by atoms with Gasteiger partial charge in [0, 0.05) is 12.1 Å². The van der Waals surface area contributed by atoms with Crippen molar-refractivity contribution in [1.82, 2.24) is 4.98 Å².